The highest BCUT2D eigenvalue weighted by molar-refractivity contribution is 5.34. The number of aromatic hydroxyl groups is 1. The zero-order valence-electron chi connectivity index (χ0n) is 12.7. The van der Waals surface area contributed by atoms with E-state index in [0.29, 0.717) is 17.8 Å². The van der Waals surface area contributed by atoms with Crippen molar-refractivity contribution >= 4 is 0 Å². The van der Waals surface area contributed by atoms with Crippen molar-refractivity contribution in [2.75, 3.05) is 6.61 Å². The second-order valence-corrected chi connectivity index (χ2v) is 5.99. The van der Waals surface area contributed by atoms with Gasteiger partial charge in [0.2, 0.25) is 0 Å². The predicted octanol–water partition coefficient (Wildman–Crippen LogP) is 5.02. The Hall–Kier alpha value is -1.02. The van der Waals surface area contributed by atoms with E-state index >= 15 is 0 Å². The molecule has 1 unspecified atom stereocenters. The number of unbranched alkanes of at least 4 members (excludes halogenated alkanes) is 1. The molecule has 1 atom stereocenters. The van der Waals surface area contributed by atoms with E-state index in [1.807, 2.05) is 18.2 Å². The number of phenolic OH excluding ortho intramolecular Hbond substituents is 1. The monoisotopic (exact) mass is 276 g/mol. The van der Waals surface area contributed by atoms with Crippen LogP contribution >= 0.6 is 0 Å². The first-order valence-corrected chi connectivity index (χ1v) is 8.20. The maximum absolute atomic E-state index is 10.1. The second-order valence-electron chi connectivity index (χ2n) is 5.99. The minimum absolute atomic E-state index is 0.332. The quantitative estimate of drug-likeness (QED) is 0.758. The van der Waals surface area contributed by atoms with Crippen molar-refractivity contribution in [3.63, 3.8) is 0 Å². The number of phenols is 1. The van der Waals surface area contributed by atoms with Gasteiger partial charge >= 0.3 is 0 Å². The van der Waals surface area contributed by atoms with Crippen LogP contribution in [-0.4, -0.2) is 17.8 Å². The zero-order valence-corrected chi connectivity index (χ0v) is 12.7. The van der Waals surface area contributed by atoms with Crippen molar-refractivity contribution in [3.05, 3.63) is 29.8 Å². The van der Waals surface area contributed by atoms with Gasteiger partial charge in [0.25, 0.3) is 0 Å². The van der Waals surface area contributed by atoms with E-state index in [1.54, 1.807) is 6.07 Å². The molecule has 112 valence electrons. The first kappa shape index (κ1) is 15.4. The van der Waals surface area contributed by atoms with Gasteiger partial charge in [-0.1, -0.05) is 57.2 Å². The Kier molecular flexibility index (Phi) is 6.38. The van der Waals surface area contributed by atoms with Gasteiger partial charge in [0.05, 0.1) is 12.7 Å². The van der Waals surface area contributed by atoms with Gasteiger partial charge in [-0.3, -0.25) is 0 Å². The Morgan fingerprint density at radius 2 is 1.95 bits per heavy atom. The summed E-state index contributed by atoms with van der Waals surface area (Å²) in [6, 6.07) is 7.72. The highest BCUT2D eigenvalue weighted by Gasteiger charge is 2.19. The van der Waals surface area contributed by atoms with Crippen LogP contribution in [0.2, 0.25) is 0 Å². The predicted molar refractivity (Wildman–Crippen MR) is 83.2 cm³/mol. The van der Waals surface area contributed by atoms with Crippen LogP contribution in [0.15, 0.2) is 24.3 Å². The van der Waals surface area contributed by atoms with Crippen molar-refractivity contribution in [1.29, 1.82) is 0 Å². The summed E-state index contributed by atoms with van der Waals surface area (Å²) in [5.74, 6) is 0.749. The number of hydrogen-bond donors (Lipinski definition) is 1. The number of benzene rings is 1. The fourth-order valence-electron chi connectivity index (χ4n) is 3.10. The lowest BCUT2D eigenvalue weighted by Gasteiger charge is -2.25. The molecular weight excluding hydrogens is 248 g/mol. The van der Waals surface area contributed by atoms with E-state index in [4.69, 9.17) is 4.74 Å². The lowest BCUT2D eigenvalue weighted by molar-refractivity contribution is 0.0183. The minimum atomic E-state index is 0.332. The van der Waals surface area contributed by atoms with Crippen LogP contribution in [0.4, 0.5) is 0 Å². The lowest BCUT2D eigenvalue weighted by Crippen LogP contribution is -2.20. The molecule has 2 rings (SSSR count). The maximum Gasteiger partial charge on any atom is 0.119 e. The Morgan fingerprint density at radius 1 is 1.20 bits per heavy atom. The van der Waals surface area contributed by atoms with E-state index in [0.717, 1.165) is 18.6 Å². The van der Waals surface area contributed by atoms with Crippen LogP contribution in [0.25, 0.3) is 0 Å². The normalized spacial score (nSPS) is 18.1. The number of para-hydroxylation sites is 1. The van der Waals surface area contributed by atoms with Gasteiger partial charge in [0, 0.05) is 5.92 Å². The van der Waals surface area contributed by atoms with Gasteiger partial charge in [-0.05, 0) is 30.9 Å². The Morgan fingerprint density at radius 3 is 2.65 bits per heavy atom. The average molecular weight is 276 g/mol. The Bertz CT molecular complexity index is 383. The van der Waals surface area contributed by atoms with E-state index in [1.165, 1.54) is 44.9 Å². The first-order chi connectivity index (χ1) is 9.81. The van der Waals surface area contributed by atoms with E-state index in [9.17, 15) is 5.11 Å². The van der Waals surface area contributed by atoms with Gasteiger partial charge in [-0.2, -0.15) is 0 Å². The molecule has 0 saturated heterocycles. The highest BCUT2D eigenvalue weighted by Crippen LogP contribution is 2.31. The minimum Gasteiger partial charge on any atom is -0.508 e. The molecule has 20 heavy (non-hydrogen) atoms. The molecule has 1 N–H and O–H groups in total. The van der Waals surface area contributed by atoms with E-state index in [2.05, 4.69) is 6.92 Å². The van der Waals surface area contributed by atoms with Gasteiger partial charge in [-0.25, -0.2) is 0 Å². The maximum atomic E-state index is 10.1. The fourth-order valence-corrected chi connectivity index (χ4v) is 3.10. The highest BCUT2D eigenvalue weighted by atomic mass is 16.5. The van der Waals surface area contributed by atoms with Crippen LogP contribution in [0, 0.1) is 0 Å². The van der Waals surface area contributed by atoms with Crippen molar-refractivity contribution in [2.45, 2.75) is 70.3 Å². The third-order valence-electron chi connectivity index (χ3n) is 4.37. The van der Waals surface area contributed by atoms with Crippen LogP contribution in [-0.2, 0) is 4.74 Å². The van der Waals surface area contributed by atoms with Crippen LogP contribution in [0.1, 0.15) is 69.8 Å². The summed E-state index contributed by atoms with van der Waals surface area (Å²) < 4.78 is 6.14. The summed E-state index contributed by atoms with van der Waals surface area (Å²) in [6.07, 6.45) is 10.3. The molecule has 1 aliphatic rings. The average Bonchev–Trinajstić information content (AvgIpc) is 2.49. The summed E-state index contributed by atoms with van der Waals surface area (Å²) in [5, 5.41) is 10.1. The van der Waals surface area contributed by atoms with E-state index in [-0.39, 0.29) is 0 Å². The molecule has 2 heteroatoms. The van der Waals surface area contributed by atoms with Gasteiger partial charge in [0.15, 0.2) is 0 Å². The molecule has 1 aliphatic carbocycles. The van der Waals surface area contributed by atoms with Gasteiger partial charge in [-0.15, -0.1) is 0 Å². The van der Waals surface area contributed by atoms with Crippen molar-refractivity contribution in [1.82, 2.24) is 0 Å². The third-order valence-corrected chi connectivity index (χ3v) is 4.37. The molecule has 0 spiro atoms. The molecule has 0 bridgehead atoms. The molecule has 1 saturated carbocycles. The molecule has 0 aliphatic heterocycles. The molecule has 1 aromatic carbocycles. The molecule has 1 fully saturated rings. The molecule has 2 nitrogen and oxygen atoms in total. The van der Waals surface area contributed by atoms with Crippen molar-refractivity contribution < 1.29 is 9.84 Å². The van der Waals surface area contributed by atoms with Crippen molar-refractivity contribution in [3.8, 4) is 5.75 Å². The molecule has 0 radical (unpaired) electrons. The molecule has 1 aromatic rings. The van der Waals surface area contributed by atoms with E-state index < -0.39 is 0 Å². The lowest BCUT2D eigenvalue weighted by atomic mass is 9.93. The fraction of sp³-hybridized carbons (Fsp3) is 0.667. The molecule has 0 heterocycles. The smallest absolute Gasteiger partial charge is 0.119 e. The summed E-state index contributed by atoms with van der Waals surface area (Å²) in [7, 11) is 0. The second kappa shape index (κ2) is 8.31. The Labute approximate surface area is 123 Å². The van der Waals surface area contributed by atoms with Crippen LogP contribution < -0.4 is 0 Å². The first-order valence-electron chi connectivity index (χ1n) is 8.20. The SMILES string of the molecule is CCCCC(COC1CCCCC1)c1ccccc1O. The number of ether oxygens (including phenoxy) is 1. The van der Waals surface area contributed by atoms with Crippen molar-refractivity contribution in [2.24, 2.45) is 0 Å². The zero-order chi connectivity index (χ0) is 14.2. The van der Waals surface area contributed by atoms with Gasteiger partial charge in [0.1, 0.15) is 5.75 Å². The Balaban J connectivity index is 1.94. The summed E-state index contributed by atoms with van der Waals surface area (Å²) in [6.45, 7) is 2.96. The number of rotatable bonds is 7. The standard InChI is InChI=1S/C18H28O2/c1-2-3-9-15(17-12-7-8-13-18(17)19)14-20-16-10-5-4-6-11-16/h7-8,12-13,15-16,19H,2-6,9-11,14H2,1H3. The summed E-state index contributed by atoms with van der Waals surface area (Å²) in [5.41, 5.74) is 1.05. The number of hydrogen-bond acceptors (Lipinski definition) is 2. The molecule has 0 aromatic heterocycles. The van der Waals surface area contributed by atoms with Crippen LogP contribution in [0.3, 0.4) is 0 Å². The summed E-state index contributed by atoms with van der Waals surface area (Å²) >= 11 is 0. The third kappa shape index (κ3) is 4.52. The van der Waals surface area contributed by atoms with Gasteiger partial charge < -0.3 is 9.84 Å². The molecule has 0 amide bonds. The summed E-state index contributed by atoms with van der Waals surface area (Å²) in [4.78, 5) is 0. The molecular formula is C18H28O2. The topological polar surface area (TPSA) is 29.5 Å². The largest absolute Gasteiger partial charge is 0.508 e. The van der Waals surface area contributed by atoms with Crippen LogP contribution in [0.5, 0.6) is 5.75 Å².